The Hall–Kier alpha value is -9.48. The predicted octanol–water partition coefficient (Wildman–Crippen LogP) is 12.9. The van der Waals surface area contributed by atoms with Crippen LogP contribution < -0.4 is 0 Å². The minimum atomic E-state index is -4.85. The van der Waals surface area contributed by atoms with Crippen molar-refractivity contribution in [2.24, 2.45) is 0 Å². The number of aromatic nitrogens is 10. The van der Waals surface area contributed by atoms with Crippen molar-refractivity contribution in [3.05, 3.63) is 200 Å². The van der Waals surface area contributed by atoms with Crippen molar-refractivity contribution < 1.29 is 13.2 Å². The van der Waals surface area contributed by atoms with Crippen LogP contribution >= 0.6 is 0 Å². The molecule has 0 aliphatic heterocycles. The molecule has 0 radical (unpaired) electrons. The first-order chi connectivity index (χ1) is 33.3. The van der Waals surface area contributed by atoms with Gasteiger partial charge in [0.1, 0.15) is 0 Å². The van der Waals surface area contributed by atoms with Crippen LogP contribution in [0.3, 0.4) is 0 Å². The molecule has 0 atom stereocenters. The second kappa shape index (κ2) is 15.9. The van der Waals surface area contributed by atoms with Gasteiger partial charge in [0, 0.05) is 98.9 Å². The first kappa shape index (κ1) is 40.1. The van der Waals surface area contributed by atoms with E-state index in [0.717, 1.165) is 21.9 Å². The van der Waals surface area contributed by atoms with Crippen LogP contribution in [-0.4, -0.2) is 49.0 Å². The summed E-state index contributed by atoms with van der Waals surface area (Å²) < 4.78 is 52.3. The van der Waals surface area contributed by atoms with Crippen molar-refractivity contribution >= 4 is 49.3 Å². The highest BCUT2D eigenvalue weighted by Crippen LogP contribution is 2.46. The minimum Gasteiger partial charge on any atom is -0.309 e. The Labute approximate surface area is 384 Å². The van der Waals surface area contributed by atoms with E-state index < -0.39 is 11.7 Å². The van der Waals surface area contributed by atoms with E-state index in [1.807, 2.05) is 83.4 Å². The lowest BCUT2D eigenvalue weighted by molar-refractivity contribution is -0.137. The van der Waals surface area contributed by atoms with Gasteiger partial charge in [-0.3, -0.25) is 0 Å². The van der Waals surface area contributed by atoms with Crippen LogP contribution in [-0.2, 0) is 6.18 Å². The number of rotatable bonds is 7. The second-order valence-electron chi connectivity index (χ2n) is 15.9. The topological polar surface area (TPSA) is 117 Å². The van der Waals surface area contributed by atoms with Gasteiger partial charge in [-0.25, -0.2) is 44.7 Å². The minimum absolute atomic E-state index is 0.107. The first-order valence-electron chi connectivity index (χ1n) is 21.3. The van der Waals surface area contributed by atoms with Crippen LogP contribution in [0.25, 0.3) is 117 Å². The lowest BCUT2D eigenvalue weighted by Crippen LogP contribution is -2.13. The third kappa shape index (κ3) is 6.76. The largest absolute Gasteiger partial charge is 0.418 e. The third-order valence-corrected chi connectivity index (χ3v) is 12.0. The molecule has 12 aromatic rings. The Balaban J connectivity index is 1.18. The van der Waals surface area contributed by atoms with Gasteiger partial charge in [0.15, 0.2) is 29.0 Å². The van der Waals surface area contributed by atoms with Gasteiger partial charge in [-0.15, -0.1) is 0 Å². The summed E-state index contributed by atoms with van der Waals surface area (Å²) in [6, 6.07) is 39.2. The third-order valence-electron chi connectivity index (χ3n) is 12.0. The van der Waals surface area contributed by atoms with E-state index in [9.17, 15) is 0 Å². The lowest BCUT2D eigenvalue weighted by atomic mass is 9.98. The molecule has 14 heteroatoms. The van der Waals surface area contributed by atoms with Crippen molar-refractivity contribution in [2.75, 3.05) is 0 Å². The molecule has 0 bridgehead atoms. The average Bonchev–Trinajstić information content (AvgIpc) is 3.90. The van der Waals surface area contributed by atoms with Gasteiger partial charge in [0.05, 0.1) is 45.6 Å². The number of fused-ring (bicyclic) bond motifs is 6. The van der Waals surface area contributed by atoms with Crippen molar-refractivity contribution in [3.63, 3.8) is 0 Å². The summed E-state index contributed by atoms with van der Waals surface area (Å²) in [5.74, 6) is 1.93. The summed E-state index contributed by atoms with van der Waals surface area (Å²) in [5.41, 5.74) is 5.77. The normalized spacial score (nSPS) is 11.7. The molecule has 0 spiro atoms. The summed E-state index contributed by atoms with van der Waals surface area (Å²) in [4.78, 5) is 39.5. The van der Waals surface area contributed by atoms with E-state index >= 15 is 13.2 Å². The molecule has 11 nitrogen and oxygen atoms in total. The fourth-order valence-electron chi connectivity index (χ4n) is 9.06. The van der Waals surface area contributed by atoms with Gasteiger partial charge in [0.25, 0.3) is 0 Å². The number of hydrogen-bond acceptors (Lipinski definition) is 8. The summed E-state index contributed by atoms with van der Waals surface area (Å²) in [6.45, 7) is 7.93. The van der Waals surface area contributed by atoms with Gasteiger partial charge < -0.3 is 9.13 Å². The summed E-state index contributed by atoms with van der Waals surface area (Å²) in [5, 5.41) is 2.85. The SMILES string of the molecule is [C-]#[N+]c1cccc(-c2cc(-n3c4ccc(-c5ncccn5)cc4c4cc(-c5ncccn5)ccc43)c(C(F)(F)F)cc2-n2c3ccc(-c4ncccn4)cc3c3cc(-c4ncccn4)ccc32)c1. The predicted molar refractivity (Wildman–Crippen MR) is 256 cm³/mol. The average molecular weight is 890 g/mol. The maximum Gasteiger partial charge on any atom is 0.418 e. The van der Waals surface area contributed by atoms with Gasteiger partial charge in [-0.1, -0.05) is 18.2 Å². The summed E-state index contributed by atoms with van der Waals surface area (Å²) >= 11 is 0. The Kier molecular flexibility index (Phi) is 9.36. The molecule has 12 rings (SSSR count). The molecule has 0 N–H and O–H groups in total. The quantitative estimate of drug-likeness (QED) is 0.145. The van der Waals surface area contributed by atoms with Crippen LogP contribution in [0, 0.1) is 6.57 Å². The molecule has 6 aromatic heterocycles. The summed E-state index contributed by atoms with van der Waals surface area (Å²) in [7, 11) is 0. The molecule has 68 heavy (non-hydrogen) atoms. The molecule has 6 aromatic carbocycles. The molecule has 0 saturated heterocycles. The molecule has 0 aliphatic rings. The van der Waals surface area contributed by atoms with Crippen LogP contribution in [0.4, 0.5) is 18.9 Å². The van der Waals surface area contributed by atoms with E-state index in [1.54, 1.807) is 103 Å². The fourth-order valence-corrected chi connectivity index (χ4v) is 9.06. The van der Waals surface area contributed by atoms with E-state index in [4.69, 9.17) is 6.57 Å². The van der Waals surface area contributed by atoms with E-state index in [1.165, 1.54) is 6.07 Å². The maximum absolute atomic E-state index is 16.3. The molecule has 6 heterocycles. The van der Waals surface area contributed by atoms with Crippen LogP contribution in [0.15, 0.2) is 183 Å². The molecule has 0 aliphatic carbocycles. The zero-order valence-electron chi connectivity index (χ0n) is 35.4. The Bertz CT molecular complexity index is 3770. The van der Waals surface area contributed by atoms with E-state index in [2.05, 4.69) is 44.7 Å². The van der Waals surface area contributed by atoms with Crippen molar-refractivity contribution in [2.45, 2.75) is 6.18 Å². The standard InChI is InChI=1S/C54H30F3N11/c1-58-37-8-2-7-32(25-37)38-30-49(68-46-15-11-35(52-63-21-5-22-64-52)28-41(46)42-29-36(12-16-47(42)68)53-65-23-6-24-66-53)43(54(55,56)57)31-48(38)67-44-13-9-33(50-59-17-3-18-60-50)26-39(44)40-27-34(10-14-45(40)67)51-61-19-4-20-62-51/h2-31H. The summed E-state index contributed by atoms with van der Waals surface area (Å²) in [6.07, 6.45) is 8.38. The maximum atomic E-state index is 16.3. The number of hydrogen-bond donors (Lipinski definition) is 0. The molecule has 0 amide bonds. The van der Waals surface area contributed by atoms with Gasteiger partial charge in [-0.05, 0) is 121 Å². The molecule has 0 fully saturated rings. The molecule has 0 unspecified atom stereocenters. The van der Waals surface area contributed by atoms with Crippen molar-refractivity contribution in [1.82, 2.24) is 49.0 Å². The van der Waals surface area contributed by atoms with E-state index in [0.29, 0.717) is 84.1 Å². The van der Waals surface area contributed by atoms with Gasteiger partial charge >= 0.3 is 6.18 Å². The highest BCUT2D eigenvalue weighted by Gasteiger charge is 2.37. The number of nitrogens with zero attached hydrogens (tertiary/aromatic N) is 11. The van der Waals surface area contributed by atoms with Gasteiger partial charge in [0.2, 0.25) is 0 Å². The number of halogens is 3. The second-order valence-corrected chi connectivity index (χ2v) is 15.9. The monoisotopic (exact) mass is 889 g/mol. The number of alkyl halides is 3. The zero-order chi connectivity index (χ0) is 45.9. The Morgan fingerprint density at radius 1 is 0.382 bits per heavy atom. The van der Waals surface area contributed by atoms with Crippen LogP contribution in [0.2, 0.25) is 0 Å². The number of benzene rings is 6. The zero-order valence-corrected chi connectivity index (χ0v) is 35.4. The van der Waals surface area contributed by atoms with Crippen molar-refractivity contribution in [1.29, 1.82) is 0 Å². The van der Waals surface area contributed by atoms with E-state index in [-0.39, 0.29) is 11.4 Å². The molecule has 322 valence electrons. The first-order valence-corrected chi connectivity index (χ1v) is 21.3. The smallest absolute Gasteiger partial charge is 0.309 e. The fraction of sp³-hybridized carbons (Fsp3) is 0.0185. The molecular weight excluding hydrogens is 860 g/mol. The Morgan fingerprint density at radius 3 is 1.10 bits per heavy atom. The van der Waals surface area contributed by atoms with Crippen LogP contribution in [0.5, 0.6) is 0 Å². The highest BCUT2D eigenvalue weighted by molar-refractivity contribution is 6.13. The van der Waals surface area contributed by atoms with Crippen molar-refractivity contribution in [3.8, 4) is 68.1 Å². The molecule has 0 saturated carbocycles. The highest BCUT2D eigenvalue weighted by atomic mass is 19.4. The molecular formula is C54H30F3N11. The Morgan fingerprint density at radius 2 is 0.750 bits per heavy atom. The van der Waals surface area contributed by atoms with Crippen LogP contribution in [0.1, 0.15) is 5.56 Å². The lowest BCUT2D eigenvalue weighted by Gasteiger charge is -2.22. The van der Waals surface area contributed by atoms with Gasteiger partial charge in [-0.2, -0.15) is 13.2 Å².